The summed E-state index contributed by atoms with van der Waals surface area (Å²) in [6.45, 7) is 5.02. The van der Waals surface area contributed by atoms with Crippen molar-refractivity contribution in [2.75, 3.05) is 17.1 Å². The topological polar surface area (TPSA) is 86.8 Å². The molecule has 40 heavy (non-hydrogen) atoms. The first-order valence-electron chi connectivity index (χ1n) is 12.6. The number of nitrogens with zero attached hydrogens (tertiary/aromatic N) is 2. The smallest absolute Gasteiger partial charge is 0.244 e. The molecule has 0 aliphatic heterocycles. The average Bonchev–Trinajstić information content (AvgIpc) is 2.88. The van der Waals surface area contributed by atoms with Crippen molar-refractivity contribution in [2.24, 2.45) is 0 Å². The van der Waals surface area contributed by atoms with E-state index in [0.717, 1.165) is 26.2 Å². The van der Waals surface area contributed by atoms with Gasteiger partial charge in [0.1, 0.15) is 12.6 Å². The number of hydrogen-bond acceptors (Lipinski definition) is 4. The number of amides is 2. The Morgan fingerprint density at radius 2 is 1.62 bits per heavy atom. The zero-order valence-corrected chi connectivity index (χ0v) is 26.6. The van der Waals surface area contributed by atoms with Crippen LogP contribution in [-0.4, -0.2) is 50.0 Å². The molecule has 0 saturated heterocycles. The molecule has 7 nitrogen and oxygen atoms in total. The van der Waals surface area contributed by atoms with Crippen LogP contribution >= 0.6 is 39.1 Å². The number of benzene rings is 3. The number of hydrogen-bond donors (Lipinski definition) is 1. The van der Waals surface area contributed by atoms with Gasteiger partial charge in [-0.2, -0.15) is 0 Å². The monoisotopic (exact) mass is 667 g/mol. The molecule has 3 rings (SSSR count). The molecule has 3 aromatic rings. The maximum absolute atomic E-state index is 14.1. The molecule has 1 N–H and O–H groups in total. The SMILES string of the molecule is Cc1cc(N(CC(=O)N(Cc2ccc(Cl)c(Cl)c2)[C@H](Cc2ccccc2)C(=O)NC(C)C)S(C)(=O)=O)ccc1Br. The van der Waals surface area contributed by atoms with Crippen molar-refractivity contribution in [3.8, 4) is 0 Å². The number of halogens is 3. The fraction of sp³-hybridized carbons (Fsp3) is 0.310. The summed E-state index contributed by atoms with van der Waals surface area (Å²) in [6.07, 6.45) is 1.27. The standard InChI is InChI=1S/C29H32BrCl2N3O4S/c1-19(2)33-29(37)27(16-21-8-6-5-7-9-21)34(17-22-10-13-25(31)26(32)15-22)28(36)18-35(40(4,38)39)23-11-12-24(30)20(3)14-23/h5-15,19,27H,16-18H2,1-4H3,(H,33,37)/t27-/m1/s1. The van der Waals surface area contributed by atoms with Crippen LogP contribution in [0.2, 0.25) is 10.0 Å². The van der Waals surface area contributed by atoms with E-state index in [0.29, 0.717) is 21.3 Å². The van der Waals surface area contributed by atoms with Crippen molar-refractivity contribution in [3.63, 3.8) is 0 Å². The molecule has 0 aliphatic carbocycles. The van der Waals surface area contributed by atoms with Crippen molar-refractivity contribution in [1.82, 2.24) is 10.2 Å². The van der Waals surface area contributed by atoms with E-state index in [-0.39, 0.29) is 24.9 Å². The molecule has 11 heteroatoms. The zero-order valence-electron chi connectivity index (χ0n) is 22.7. The number of rotatable bonds is 11. The maximum Gasteiger partial charge on any atom is 0.244 e. The van der Waals surface area contributed by atoms with Crippen molar-refractivity contribution in [2.45, 2.75) is 45.8 Å². The molecule has 214 valence electrons. The van der Waals surface area contributed by atoms with E-state index < -0.39 is 28.5 Å². The lowest BCUT2D eigenvalue weighted by Crippen LogP contribution is -2.54. The highest BCUT2D eigenvalue weighted by Crippen LogP contribution is 2.27. The first kappa shape index (κ1) is 31.9. The quantitative estimate of drug-likeness (QED) is 0.272. The first-order chi connectivity index (χ1) is 18.8. The van der Waals surface area contributed by atoms with Crippen LogP contribution in [0.3, 0.4) is 0 Å². The van der Waals surface area contributed by atoms with Gasteiger partial charge >= 0.3 is 0 Å². The number of aryl methyl sites for hydroxylation is 1. The Morgan fingerprint density at radius 1 is 0.950 bits per heavy atom. The highest BCUT2D eigenvalue weighted by molar-refractivity contribution is 9.10. The van der Waals surface area contributed by atoms with Gasteiger partial charge in [-0.15, -0.1) is 0 Å². The second-order valence-corrected chi connectivity index (χ2v) is 13.4. The molecule has 0 aromatic heterocycles. The van der Waals surface area contributed by atoms with Crippen LogP contribution in [0.1, 0.15) is 30.5 Å². The van der Waals surface area contributed by atoms with Gasteiger partial charge in [0.05, 0.1) is 22.0 Å². The summed E-state index contributed by atoms with van der Waals surface area (Å²) in [5.74, 6) is -0.894. The second-order valence-electron chi connectivity index (χ2n) is 9.84. The van der Waals surface area contributed by atoms with Gasteiger partial charge < -0.3 is 10.2 Å². The van der Waals surface area contributed by atoms with Gasteiger partial charge in [-0.3, -0.25) is 13.9 Å². The molecule has 0 radical (unpaired) electrons. The van der Waals surface area contributed by atoms with Crippen molar-refractivity contribution >= 4 is 66.7 Å². The zero-order chi connectivity index (χ0) is 29.6. The van der Waals surface area contributed by atoms with E-state index >= 15 is 0 Å². The van der Waals surface area contributed by atoms with Crippen LogP contribution in [-0.2, 0) is 32.6 Å². The number of nitrogens with one attached hydrogen (secondary N) is 1. The summed E-state index contributed by atoms with van der Waals surface area (Å²) in [5, 5.41) is 3.58. The molecule has 0 saturated carbocycles. The third kappa shape index (κ3) is 8.70. The highest BCUT2D eigenvalue weighted by Gasteiger charge is 2.33. The number of sulfonamides is 1. The molecule has 3 aromatic carbocycles. The minimum Gasteiger partial charge on any atom is -0.352 e. The van der Waals surface area contributed by atoms with Crippen molar-refractivity contribution in [1.29, 1.82) is 0 Å². The molecule has 0 aliphatic rings. The van der Waals surface area contributed by atoms with Crippen molar-refractivity contribution in [3.05, 3.63) is 97.9 Å². The number of carbonyl (C=O) groups excluding carboxylic acids is 2. The van der Waals surface area contributed by atoms with Gasteiger partial charge in [-0.1, -0.05) is 75.5 Å². The van der Waals surface area contributed by atoms with Crippen LogP contribution in [0.25, 0.3) is 0 Å². The summed E-state index contributed by atoms with van der Waals surface area (Å²) in [7, 11) is -3.85. The predicted molar refractivity (Wildman–Crippen MR) is 165 cm³/mol. The van der Waals surface area contributed by atoms with Gasteiger partial charge in [0.15, 0.2) is 0 Å². The molecule has 0 unspecified atom stereocenters. The Bertz CT molecular complexity index is 1470. The van der Waals surface area contributed by atoms with Crippen LogP contribution in [0.5, 0.6) is 0 Å². The van der Waals surface area contributed by atoms with E-state index in [1.54, 1.807) is 36.4 Å². The van der Waals surface area contributed by atoms with E-state index in [1.165, 1.54) is 4.90 Å². The summed E-state index contributed by atoms with van der Waals surface area (Å²) in [4.78, 5) is 29.0. The van der Waals surface area contributed by atoms with Crippen LogP contribution in [0.15, 0.2) is 71.2 Å². The molecule has 0 heterocycles. The Labute approximate surface area is 254 Å². The third-order valence-electron chi connectivity index (χ3n) is 6.15. The van der Waals surface area contributed by atoms with Crippen LogP contribution in [0, 0.1) is 6.92 Å². The van der Waals surface area contributed by atoms with Crippen LogP contribution in [0.4, 0.5) is 5.69 Å². The van der Waals surface area contributed by atoms with E-state index in [2.05, 4.69) is 21.2 Å². The van der Waals surface area contributed by atoms with Crippen molar-refractivity contribution < 1.29 is 18.0 Å². The van der Waals surface area contributed by atoms with E-state index in [9.17, 15) is 18.0 Å². The van der Waals surface area contributed by atoms with Gasteiger partial charge in [0.25, 0.3) is 0 Å². The largest absolute Gasteiger partial charge is 0.352 e. The summed E-state index contributed by atoms with van der Waals surface area (Å²) in [6, 6.07) is 18.3. The van der Waals surface area contributed by atoms with Crippen LogP contribution < -0.4 is 9.62 Å². The number of anilines is 1. The molecular formula is C29H32BrCl2N3O4S. The lowest BCUT2D eigenvalue weighted by atomic mass is 10.0. The maximum atomic E-state index is 14.1. The molecule has 0 spiro atoms. The third-order valence-corrected chi connectivity index (χ3v) is 8.92. The summed E-state index contributed by atoms with van der Waals surface area (Å²) < 4.78 is 27.7. The highest BCUT2D eigenvalue weighted by atomic mass is 79.9. The summed E-state index contributed by atoms with van der Waals surface area (Å²) >= 11 is 15.8. The first-order valence-corrected chi connectivity index (χ1v) is 16.0. The minimum absolute atomic E-state index is 0.00963. The fourth-order valence-corrected chi connectivity index (χ4v) is 5.58. The van der Waals surface area contributed by atoms with Gasteiger partial charge in [0.2, 0.25) is 21.8 Å². The average molecular weight is 669 g/mol. The molecule has 0 fully saturated rings. The molecular weight excluding hydrogens is 637 g/mol. The Kier molecular flexibility index (Phi) is 11.1. The van der Waals surface area contributed by atoms with Gasteiger partial charge in [0, 0.05) is 23.5 Å². The lowest BCUT2D eigenvalue weighted by molar-refractivity contribution is -0.140. The minimum atomic E-state index is -3.85. The lowest BCUT2D eigenvalue weighted by Gasteiger charge is -2.34. The van der Waals surface area contributed by atoms with E-state index in [4.69, 9.17) is 23.2 Å². The Balaban J connectivity index is 2.08. The Hall–Kier alpha value is -2.59. The Morgan fingerprint density at radius 3 is 2.20 bits per heavy atom. The summed E-state index contributed by atoms with van der Waals surface area (Å²) in [5.41, 5.74) is 2.65. The molecule has 1 atom stereocenters. The second kappa shape index (κ2) is 13.9. The van der Waals surface area contributed by atoms with Gasteiger partial charge in [-0.25, -0.2) is 8.42 Å². The normalized spacial score (nSPS) is 12.2. The predicted octanol–water partition coefficient (Wildman–Crippen LogP) is 6.00. The van der Waals surface area contributed by atoms with E-state index in [1.807, 2.05) is 51.1 Å². The molecule has 2 amide bonds. The fourth-order valence-electron chi connectivity index (χ4n) is 4.17. The number of carbonyl (C=O) groups is 2. The molecule has 0 bridgehead atoms. The van der Waals surface area contributed by atoms with Gasteiger partial charge in [-0.05, 0) is 67.8 Å².